The summed E-state index contributed by atoms with van der Waals surface area (Å²) in [6.07, 6.45) is 0. The number of nitriles is 1. The lowest BCUT2D eigenvalue weighted by atomic mass is 10.0. The predicted octanol–water partition coefficient (Wildman–Crippen LogP) is 3.15. The quantitative estimate of drug-likeness (QED) is 0.774. The predicted molar refractivity (Wildman–Crippen MR) is 67.9 cm³/mol. The highest BCUT2D eigenvalue weighted by atomic mass is 19.1. The maximum atomic E-state index is 13.5. The molecule has 0 fully saturated rings. The van der Waals surface area contributed by atoms with Gasteiger partial charge in [-0.05, 0) is 41.5 Å². The van der Waals surface area contributed by atoms with Gasteiger partial charge in [-0.15, -0.1) is 0 Å². The van der Waals surface area contributed by atoms with Crippen LogP contribution in [0.1, 0.15) is 15.9 Å². The Labute approximate surface area is 109 Å². The fourth-order valence-electron chi connectivity index (χ4n) is 1.76. The zero-order valence-corrected chi connectivity index (χ0v) is 10.2. The summed E-state index contributed by atoms with van der Waals surface area (Å²) in [4.78, 5) is 11.4. The monoisotopic (exact) mass is 255 g/mol. The van der Waals surface area contributed by atoms with Gasteiger partial charge in [0.2, 0.25) is 0 Å². The second kappa shape index (κ2) is 5.32. The average Bonchev–Trinajstić information content (AvgIpc) is 2.45. The first-order chi connectivity index (χ1) is 9.13. The molecule has 0 saturated heterocycles. The molecule has 0 aliphatic heterocycles. The number of nitrogens with zero attached hydrogens (tertiary/aromatic N) is 1. The van der Waals surface area contributed by atoms with Crippen LogP contribution in [-0.2, 0) is 4.74 Å². The van der Waals surface area contributed by atoms with Crippen LogP contribution in [0.15, 0.2) is 42.5 Å². The van der Waals surface area contributed by atoms with Gasteiger partial charge in [-0.2, -0.15) is 5.26 Å². The summed E-state index contributed by atoms with van der Waals surface area (Å²) in [5, 5.41) is 8.85. The van der Waals surface area contributed by atoms with Gasteiger partial charge in [0.15, 0.2) is 0 Å². The van der Waals surface area contributed by atoms with Gasteiger partial charge < -0.3 is 4.74 Å². The van der Waals surface area contributed by atoms with Crippen molar-refractivity contribution in [3.05, 3.63) is 59.4 Å². The molecule has 0 heterocycles. The van der Waals surface area contributed by atoms with Gasteiger partial charge in [-0.25, -0.2) is 9.18 Å². The van der Waals surface area contributed by atoms with Crippen molar-refractivity contribution in [1.29, 1.82) is 5.26 Å². The minimum atomic E-state index is -0.600. The van der Waals surface area contributed by atoms with Crippen LogP contribution in [-0.4, -0.2) is 13.1 Å². The van der Waals surface area contributed by atoms with Crippen LogP contribution in [0.4, 0.5) is 4.39 Å². The molecule has 0 aliphatic carbocycles. The van der Waals surface area contributed by atoms with Gasteiger partial charge in [0.1, 0.15) is 5.82 Å². The maximum absolute atomic E-state index is 13.5. The first-order valence-corrected chi connectivity index (χ1v) is 5.53. The van der Waals surface area contributed by atoms with Gasteiger partial charge in [0.25, 0.3) is 0 Å². The number of methoxy groups -OCH3 is 1. The molecule has 0 amide bonds. The van der Waals surface area contributed by atoms with Crippen molar-refractivity contribution in [2.75, 3.05) is 7.11 Å². The largest absolute Gasteiger partial charge is 0.465 e. The minimum Gasteiger partial charge on any atom is -0.465 e. The number of rotatable bonds is 2. The molecule has 0 aliphatic rings. The van der Waals surface area contributed by atoms with Crippen LogP contribution in [0.25, 0.3) is 11.1 Å². The van der Waals surface area contributed by atoms with Crippen LogP contribution in [0, 0.1) is 17.1 Å². The van der Waals surface area contributed by atoms with E-state index in [2.05, 4.69) is 4.74 Å². The third-order valence-corrected chi connectivity index (χ3v) is 2.64. The fraction of sp³-hybridized carbons (Fsp3) is 0.0667. The fourth-order valence-corrected chi connectivity index (χ4v) is 1.76. The lowest BCUT2D eigenvalue weighted by Gasteiger charge is -2.05. The van der Waals surface area contributed by atoms with Crippen molar-refractivity contribution in [2.45, 2.75) is 0 Å². The molecule has 19 heavy (non-hydrogen) atoms. The molecule has 0 bridgehead atoms. The number of benzene rings is 2. The topological polar surface area (TPSA) is 50.1 Å². The Morgan fingerprint density at radius 2 is 2.00 bits per heavy atom. The molecule has 2 aromatic carbocycles. The molecule has 2 rings (SSSR count). The number of carbonyl (C=O) groups is 1. The van der Waals surface area contributed by atoms with E-state index in [0.29, 0.717) is 16.7 Å². The van der Waals surface area contributed by atoms with Crippen molar-refractivity contribution in [1.82, 2.24) is 0 Å². The zero-order valence-electron chi connectivity index (χ0n) is 10.2. The third kappa shape index (κ3) is 2.78. The molecule has 0 saturated carbocycles. The second-order valence-corrected chi connectivity index (χ2v) is 3.91. The Hall–Kier alpha value is -2.67. The summed E-state index contributed by atoms with van der Waals surface area (Å²) >= 11 is 0. The van der Waals surface area contributed by atoms with Crippen LogP contribution in [0.5, 0.6) is 0 Å². The molecule has 0 spiro atoms. The number of hydrogen-bond donors (Lipinski definition) is 0. The lowest BCUT2D eigenvalue weighted by Crippen LogP contribution is -2.02. The van der Waals surface area contributed by atoms with E-state index in [1.165, 1.54) is 19.2 Å². The van der Waals surface area contributed by atoms with Crippen molar-refractivity contribution in [3.63, 3.8) is 0 Å². The summed E-state index contributed by atoms with van der Waals surface area (Å²) in [5.74, 6) is -1.13. The van der Waals surface area contributed by atoms with Crippen LogP contribution < -0.4 is 0 Å². The van der Waals surface area contributed by atoms with E-state index in [1.54, 1.807) is 24.3 Å². The smallest absolute Gasteiger partial charge is 0.337 e. The Kier molecular flexibility index (Phi) is 3.58. The van der Waals surface area contributed by atoms with E-state index in [-0.39, 0.29) is 5.56 Å². The SMILES string of the molecule is COC(=O)c1cc(F)cc(-c2cccc(C#N)c2)c1. The Morgan fingerprint density at radius 3 is 2.68 bits per heavy atom. The molecule has 0 radical (unpaired) electrons. The van der Waals surface area contributed by atoms with Crippen molar-refractivity contribution < 1.29 is 13.9 Å². The number of hydrogen-bond acceptors (Lipinski definition) is 3. The van der Waals surface area contributed by atoms with E-state index in [4.69, 9.17) is 5.26 Å². The lowest BCUT2D eigenvalue weighted by molar-refractivity contribution is 0.0600. The van der Waals surface area contributed by atoms with Crippen LogP contribution in [0.2, 0.25) is 0 Å². The highest BCUT2D eigenvalue weighted by Crippen LogP contribution is 2.23. The molecule has 4 heteroatoms. The average molecular weight is 255 g/mol. The van der Waals surface area contributed by atoms with Gasteiger partial charge in [0.05, 0.1) is 24.3 Å². The van der Waals surface area contributed by atoms with Gasteiger partial charge in [0, 0.05) is 0 Å². The molecule has 0 atom stereocenters. The first-order valence-electron chi connectivity index (χ1n) is 5.53. The highest BCUT2D eigenvalue weighted by Gasteiger charge is 2.10. The Bertz CT molecular complexity index is 674. The van der Waals surface area contributed by atoms with Gasteiger partial charge in [-0.3, -0.25) is 0 Å². The summed E-state index contributed by atoms with van der Waals surface area (Å²) in [6.45, 7) is 0. The third-order valence-electron chi connectivity index (χ3n) is 2.64. The maximum Gasteiger partial charge on any atom is 0.337 e. The first kappa shape index (κ1) is 12.8. The second-order valence-electron chi connectivity index (χ2n) is 3.91. The molecular formula is C15H10FNO2. The standard InChI is InChI=1S/C15H10FNO2/c1-19-15(18)13-6-12(7-14(16)8-13)11-4-2-3-10(5-11)9-17/h2-8H,1H3. The number of ether oxygens (including phenoxy) is 1. The molecule has 0 aromatic heterocycles. The number of esters is 1. The molecule has 3 nitrogen and oxygen atoms in total. The zero-order chi connectivity index (χ0) is 13.8. The van der Waals surface area contributed by atoms with E-state index >= 15 is 0 Å². The normalized spacial score (nSPS) is 9.74. The van der Waals surface area contributed by atoms with Crippen molar-refractivity contribution in [2.24, 2.45) is 0 Å². The Morgan fingerprint density at radius 1 is 1.21 bits per heavy atom. The molecular weight excluding hydrogens is 245 g/mol. The molecule has 94 valence electrons. The number of halogens is 1. The molecule has 2 aromatic rings. The van der Waals surface area contributed by atoms with E-state index < -0.39 is 11.8 Å². The summed E-state index contributed by atoms with van der Waals surface area (Å²) in [5.41, 5.74) is 1.81. The Balaban J connectivity index is 2.53. The molecule has 0 N–H and O–H groups in total. The minimum absolute atomic E-state index is 0.139. The van der Waals surface area contributed by atoms with Crippen LogP contribution in [0.3, 0.4) is 0 Å². The van der Waals surface area contributed by atoms with Crippen molar-refractivity contribution >= 4 is 5.97 Å². The summed E-state index contributed by atoms with van der Waals surface area (Å²) in [7, 11) is 1.24. The summed E-state index contributed by atoms with van der Waals surface area (Å²) in [6, 6.07) is 12.7. The van der Waals surface area contributed by atoms with Gasteiger partial charge in [-0.1, -0.05) is 12.1 Å². The van der Waals surface area contributed by atoms with Crippen molar-refractivity contribution in [3.8, 4) is 17.2 Å². The summed E-state index contributed by atoms with van der Waals surface area (Å²) < 4.78 is 18.1. The number of carbonyl (C=O) groups excluding carboxylic acids is 1. The van der Waals surface area contributed by atoms with E-state index in [9.17, 15) is 9.18 Å². The van der Waals surface area contributed by atoms with Crippen LogP contribution >= 0.6 is 0 Å². The molecule has 0 unspecified atom stereocenters. The van der Waals surface area contributed by atoms with E-state index in [1.807, 2.05) is 6.07 Å². The highest BCUT2D eigenvalue weighted by molar-refractivity contribution is 5.91. The van der Waals surface area contributed by atoms with Gasteiger partial charge >= 0.3 is 5.97 Å². The van der Waals surface area contributed by atoms with E-state index in [0.717, 1.165) is 6.07 Å².